The van der Waals surface area contributed by atoms with Crippen LogP contribution in [0.3, 0.4) is 0 Å². The molecule has 0 atom stereocenters. The molecule has 0 bridgehead atoms. The summed E-state index contributed by atoms with van der Waals surface area (Å²) in [6, 6.07) is 11.5. The number of methoxy groups -OCH3 is 1. The fourth-order valence-electron chi connectivity index (χ4n) is 3.87. The third-order valence-corrected chi connectivity index (χ3v) is 5.78. The number of hydrogen-bond donors (Lipinski definition) is 2. The number of aliphatic hydroxyl groups excluding tert-OH is 1. The zero-order valence-electron chi connectivity index (χ0n) is 19.7. The smallest absolute Gasteiger partial charge is 0.231 e. The van der Waals surface area contributed by atoms with Gasteiger partial charge in [-0.2, -0.15) is 0 Å². The number of aliphatic hydroxyl groups is 1. The molecule has 0 saturated heterocycles. The Kier molecular flexibility index (Phi) is 10.2. The minimum atomic E-state index is 0.243. The van der Waals surface area contributed by atoms with Crippen LogP contribution in [0.4, 0.5) is 0 Å². The van der Waals surface area contributed by atoms with E-state index in [1.807, 2.05) is 42.5 Å². The molecule has 2 aromatic rings. The Labute approximate surface area is 197 Å². The van der Waals surface area contributed by atoms with E-state index in [0.29, 0.717) is 30.4 Å². The van der Waals surface area contributed by atoms with Crippen molar-refractivity contribution in [2.24, 2.45) is 5.73 Å². The lowest BCUT2D eigenvalue weighted by Gasteiger charge is -2.12. The van der Waals surface area contributed by atoms with Crippen molar-refractivity contribution in [3.63, 3.8) is 0 Å². The Morgan fingerprint density at radius 1 is 0.879 bits per heavy atom. The first kappa shape index (κ1) is 24.8. The zero-order valence-corrected chi connectivity index (χ0v) is 19.7. The first-order chi connectivity index (χ1) is 16.2. The van der Waals surface area contributed by atoms with Crippen LogP contribution in [0.15, 0.2) is 36.4 Å². The molecule has 3 rings (SSSR count). The molecule has 0 fully saturated rings. The van der Waals surface area contributed by atoms with Gasteiger partial charge in [0.05, 0.1) is 13.7 Å². The highest BCUT2D eigenvalue weighted by atomic mass is 16.7. The Balaban J connectivity index is 1.42. The summed E-state index contributed by atoms with van der Waals surface area (Å²) in [4.78, 5) is 0. The first-order valence-corrected chi connectivity index (χ1v) is 12.0. The molecule has 33 heavy (non-hydrogen) atoms. The Morgan fingerprint density at radius 3 is 2.30 bits per heavy atom. The number of fused-ring (bicyclic) bond motifs is 1. The third kappa shape index (κ3) is 7.90. The van der Waals surface area contributed by atoms with Crippen molar-refractivity contribution in [2.75, 3.05) is 27.1 Å². The van der Waals surface area contributed by atoms with Crippen molar-refractivity contribution in [1.29, 1.82) is 0 Å². The van der Waals surface area contributed by atoms with Crippen LogP contribution in [0.1, 0.15) is 68.9 Å². The summed E-state index contributed by atoms with van der Waals surface area (Å²) in [5.41, 5.74) is 8.76. The van der Waals surface area contributed by atoms with Crippen molar-refractivity contribution in [3.8, 4) is 23.0 Å². The monoisotopic (exact) mass is 455 g/mol. The van der Waals surface area contributed by atoms with Gasteiger partial charge in [-0.1, -0.05) is 51.0 Å². The second kappa shape index (κ2) is 13.6. The van der Waals surface area contributed by atoms with E-state index in [1.165, 1.54) is 38.5 Å². The van der Waals surface area contributed by atoms with Crippen LogP contribution in [0.2, 0.25) is 0 Å². The number of nitrogens with two attached hydrogens (primary N) is 1. The molecule has 0 aliphatic carbocycles. The molecule has 0 unspecified atom stereocenters. The topological polar surface area (TPSA) is 83.2 Å². The molecule has 0 aromatic heterocycles. The summed E-state index contributed by atoms with van der Waals surface area (Å²) in [5, 5.41) is 8.79. The van der Waals surface area contributed by atoms with E-state index >= 15 is 0 Å². The van der Waals surface area contributed by atoms with Gasteiger partial charge in [-0.3, -0.25) is 0 Å². The summed E-state index contributed by atoms with van der Waals surface area (Å²) in [5.74, 6) is 2.90. The molecule has 0 radical (unpaired) electrons. The van der Waals surface area contributed by atoms with Crippen molar-refractivity contribution in [3.05, 3.63) is 47.5 Å². The maximum Gasteiger partial charge on any atom is 0.231 e. The van der Waals surface area contributed by atoms with Gasteiger partial charge in [0, 0.05) is 17.9 Å². The van der Waals surface area contributed by atoms with Crippen molar-refractivity contribution >= 4 is 11.8 Å². The Bertz CT molecular complexity index is 896. The van der Waals surface area contributed by atoms with Gasteiger partial charge in [0.1, 0.15) is 0 Å². The summed E-state index contributed by atoms with van der Waals surface area (Å²) in [6.45, 7) is 1.24. The molecule has 0 amide bonds. The Morgan fingerprint density at radius 2 is 1.58 bits per heavy atom. The van der Waals surface area contributed by atoms with E-state index in [-0.39, 0.29) is 6.79 Å². The van der Waals surface area contributed by atoms with E-state index in [2.05, 4.69) is 0 Å². The lowest BCUT2D eigenvalue weighted by Crippen LogP contribution is -2.00. The maximum atomic E-state index is 8.79. The molecule has 6 heteroatoms. The minimum Gasteiger partial charge on any atom is -0.493 e. The molecule has 6 nitrogen and oxygen atoms in total. The highest BCUT2D eigenvalue weighted by molar-refractivity contribution is 5.81. The highest BCUT2D eigenvalue weighted by Gasteiger charge is 2.14. The van der Waals surface area contributed by atoms with Gasteiger partial charge in [-0.15, -0.1) is 0 Å². The molecular formula is C27H37NO5. The summed E-state index contributed by atoms with van der Waals surface area (Å²) < 4.78 is 22.3. The first-order valence-electron chi connectivity index (χ1n) is 12.0. The maximum absolute atomic E-state index is 8.79. The number of rotatable bonds is 15. The van der Waals surface area contributed by atoms with Gasteiger partial charge in [0.15, 0.2) is 23.0 Å². The largest absolute Gasteiger partial charge is 0.493 e. The van der Waals surface area contributed by atoms with Crippen LogP contribution < -0.4 is 24.7 Å². The van der Waals surface area contributed by atoms with E-state index in [4.69, 9.17) is 29.8 Å². The molecule has 1 heterocycles. The average Bonchev–Trinajstić information content (AvgIpc) is 3.31. The number of unbranched alkanes of at least 4 members (excludes halogenated alkanes) is 8. The summed E-state index contributed by atoms with van der Waals surface area (Å²) in [7, 11) is 1.65. The summed E-state index contributed by atoms with van der Waals surface area (Å²) in [6.07, 6.45) is 12.5. The fourth-order valence-corrected chi connectivity index (χ4v) is 3.87. The van der Waals surface area contributed by atoms with Crippen molar-refractivity contribution in [2.45, 2.75) is 57.8 Å². The van der Waals surface area contributed by atoms with Crippen LogP contribution >= 0.6 is 0 Å². The van der Waals surface area contributed by atoms with Gasteiger partial charge in [-0.25, -0.2) is 0 Å². The number of ether oxygens (including phenoxy) is 4. The van der Waals surface area contributed by atoms with Gasteiger partial charge < -0.3 is 29.8 Å². The number of benzene rings is 2. The molecule has 180 valence electrons. The van der Waals surface area contributed by atoms with Crippen LogP contribution in [-0.2, 0) is 0 Å². The highest BCUT2D eigenvalue weighted by Crippen LogP contribution is 2.34. The van der Waals surface area contributed by atoms with E-state index < -0.39 is 0 Å². The van der Waals surface area contributed by atoms with Crippen LogP contribution in [0, 0.1) is 0 Å². The lowest BCUT2D eigenvalue weighted by atomic mass is 10.1. The lowest BCUT2D eigenvalue weighted by molar-refractivity contribution is 0.174. The van der Waals surface area contributed by atoms with Crippen LogP contribution in [-0.4, -0.2) is 32.2 Å². The molecule has 1 aliphatic rings. The van der Waals surface area contributed by atoms with Crippen molar-refractivity contribution in [1.82, 2.24) is 0 Å². The molecule has 0 spiro atoms. The van der Waals surface area contributed by atoms with E-state index in [1.54, 1.807) is 7.11 Å². The predicted octanol–water partition coefficient (Wildman–Crippen LogP) is 5.76. The molecule has 1 aliphatic heterocycles. The van der Waals surface area contributed by atoms with E-state index in [0.717, 1.165) is 41.9 Å². The van der Waals surface area contributed by atoms with Gasteiger partial charge in [0.25, 0.3) is 0 Å². The van der Waals surface area contributed by atoms with Crippen LogP contribution in [0.25, 0.3) is 11.8 Å². The predicted molar refractivity (Wildman–Crippen MR) is 132 cm³/mol. The van der Waals surface area contributed by atoms with Gasteiger partial charge in [-0.05, 0) is 54.8 Å². The second-order valence-corrected chi connectivity index (χ2v) is 8.33. The summed E-state index contributed by atoms with van der Waals surface area (Å²) >= 11 is 0. The quantitative estimate of drug-likeness (QED) is 0.262. The molecule has 2 aromatic carbocycles. The minimum absolute atomic E-state index is 0.243. The van der Waals surface area contributed by atoms with Crippen LogP contribution in [0.5, 0.6) is 23.0 Å². The van der Waals surface area contributed by atoms with Gasteiger partial charge >= 0.3 is 0 Å². The SMILES string of the molecule is COc1cc(/C=C(\N)c2ccc3c(c2)OCO3)ccc1OCCCCCCCCCCCO. The molecular weight excluding hydrogens is 418 g/mol. The second-order valence-electron chi connectivity index (χ2n) is 8.33. The fraction of sp³-hybridized carbons (Fsp3) is 0.481. The molecule has 3 N–H and O–H groups in total. The average molecular weight is 456 g/mol. The molecule has 0 saturated carbocycles. The normalized spacial score (nSPS) is 12.7. The van der Waals surface area contributed by atoms with E-state index in [9.17, 15) is 0 Å². The van der Waals surface area contributed by atoms with Gasteiger partial charge in [0.2, 0.25) is 6.79 Å². The third-order valence-electron chi connectivity index (χ3n) is 5.78. The number of hydrogen-bond acceptors (Lipinski definition) is 6. The zero-order chi connectivity index (χ0) is 23.3. The van der Waals surface area contributed by atoms with Crippen molar-refractivity contribution < 1.29 is 24.1 Å². The Hall–Kier alpha value is -2.86. The standard InChI is InChI=1S/C27H37NO5/c1-30-26-18-21(17-23(28)22-12-14-25-27(19-22)33-20-32-25)11-13-24(26)31-16-10-8-6-4-2-3-5-7-9-15-29/h11-14,17-19,29H,2-10,15-16,20,28H2,1H3/b23-17-.